The van der Waals surface area contributed by atoms with Crippen molar-refractivity contribution in [1.29, 1.82) is 0 Å². The van der Waals surface area contributed by atoms with Crippen molar-refractivity contribution in [3.63, 3.8) is 0 Å². The molecule has 7 heteroatoms. The molecule has 0 aromatic heterocycles. The summed E-state index contributed by atoms with van der Waals surface area (Å²) in [5, 5.41) is 0.109. The molecule has 0 spiro atoms. The lowest BCUT2D eigenvalue weighted by Gasteiger charge is -2.42. The van der Waals surface area contributed by atoms with Gasteiger partial charge in [-0.15, -0.1) is 0 Å². The molecule has 0 saturated carbocycles. The van der Waals surface area contributed by atoms with Gasteiger partial charge < -0.3 is 9.64 Å². The average Bonchev–Trinajstić information content (AvgIpc) is 2.51. The molecule has 2 saturated heterocycles. The molecule has 2 fully saturated rings. The molecule has 1 unspecified atom stereocenters. The quantitative estimate of drug-likeness (QED) is 0.825. The number of ether oxygens (including phenoxy) is 1. The van der Waals surface area contributed by atoms with E-state index in [0.29, 0.717) is 6.54 Å². The van der Waals surface area contributed by atoms with Gasteiger partial charge in [0, 0.05) is 25.1 Å². The number of carbonyl (C=O) groups is 2. The highest BCUT2D eigenvalue weighted by Gasteiger charge is 2.41. The lowest BCUT2D eigenvalue weighted by Crippen LogP contribution is -2.58. The van der Waals surface area contributed by atoms with E-state index in [1.807, 2.05) is 13.8 Å². The number of anilines is 1. The Balaban J connectivity index is 1.97. The van der Waals surface area contributed by atoms with Gasteiger partial charge in [-0.2, -0.15) is 0 Å². The highest BCUT2D eigenvalue weighted by atomic mass is 35.5. The Labute approximate surface area is 145 Å². The van der Waals surface area contributed by atoms with E-state index < -0.39 is 11.8 Å². The third-order valence-electron chi connectivity index (χ3n) is 4.33. The van der Waals surface area contributed by atoms with E-state index in [-0.39, 0.29) is 40.9 Å². The molecule has 3 rings (SSSR count). The second kappa shape index (κ2) is 6.59. The lowest BCUT2D eigenvalue weighted by molar-refractivity contribution is -0.120. The molecule has 2 aliphatic rings. The van der Waals surface area contributed by atoms with Crippen LogP contribution in [0.25, 0.3) is 0 Å². The number of benzene rings is 1. The van der Waals surface area contributed by atoms with Gasteiger partial charge in [0.25, 0.3) is 0 Å². The molecule has 0 aliphatic carbocycles. The number of halogens is 2. The first-order valence-corrected chi connectivity index (χ1v) is 8.55. The molecule has 1 aromatic rings. The molecule has 1 atom stereocenters. The van der Waals surface area contributed by atoms with Crippen molar-refractivity contribution in [2.75, 3.05) is 11.4 Å². The van der Waals surface area contributed by atoms with Gasteiger partial charge in [0.15, 0.2) is 0 Å². The van der Waals surface area contributed by atoms with Crippen molar-refractivity contribution in [2.24, 2.45) is 0 Å². The van der Waals surface area contributed by atoms with Crippen molar-refractivity contribution in [1.82, 2.24) is 4.90 Å². The number of fused-ring (bicyclic) bond motifs is 1. The molecule has 2 heterocycles. The van der Waals surface area contributed by atoms with Crippen molar-refractivity contribution in [3.05, 3.63) is 23.0 Å². The monoisotopic (exact) mass is 354 g/mol. The highest BCUT2D eigenvalue weighted by molar-refractivity contribution is 6.32. The number of piperidine rings is 1. The van der Waals surface area contributed by atoms with Crippen molar-refractivity contribution in [3.8, 4) is 5.75 Å². The summed E-state index contributed by atoms with van der Waals surface area (Å²) in [5.74, 6) is -0.849. The number of imide groups is 1. The van der Waals surface area contributed by atoms with E-state index in [2.05, 4.69) is 0 Å². The van der Waals surface area contributed by atoms with Crippen LogP contribution in [0.15, 0.2) is 12.1 Å². The number of rotatable bonds is 3. The maximum atomic E-state index is 14.4. The number of carbonyl (C=O) groups excluding carboxylic acids is 2. The minimum Gasteiger partial charge on any atom is -0.489 e. The van der Waals surface area contributed by atoms with Gasteiger partial charge in [0.05, 0.1) is 16.8 Å². The fourth-order valence-electron chi connectivity index (χ4n) is 3.26. The van der Waals surface area contributed by atoms with Gasteiger partial charge in [-0.1, -0.05) is 11.6 Å². The lowest BCUT2D eigenvalue weighted by atomic mass is 9.97. The number of hydrogen-bond acceptors (Lipinski definition) is 3. The van der Waals surface area contributed by atoms with Crippen molar-refractivity contribution in [2.45, 2.75) is 51.7 Å². The first-order chi connectivity index (χ1) is 11.4. The summed E-state index contributed by atoms with van der Waals surface area (Å²) in [6, 6.07) is 1.87. The first-order valence-electron chi connectivity index (χ1n) is 8.17. The first kappa shape index (κ1) is 17.0. The van der Waals surface area contributed by atoms with Crippen LogP contribution in [-0.2, 0) is 4.79 Å². The molecule has 0 radical (unpaired) electrons. The molecular weight excluding hydrogens is 335 g/mol. The summed E-state index contributed by atoms with van der Waals surface area (Å²) in [5.41, 5.74) is -0.103. The standard InChI is InChI=1S/C17H20ClFN2O3/c1-10(2)24-15-9-14(13(19)8-12(15)18)21-16(22)7-11-5-3-4-6-20(11)17(21)23/h8-11H,3-7H2,1-2H3. The molecule has 0 bridgehead atoms. The van der Waals surface area contributed by atoms with Gasteiger partial charge in [-0.3, -0.25) is 4.79 Å². The smallest absolute Gasteiger partial charge is 0.331 e. The second-order valence-corrected chi connectivity index (χ2v) is 6.87. The largest absolute Gasteiger partial charge is 0.489 e. The molecule has 24 heavy (non-hydrogen) atoms. The van der Waals surface area contributed by atoms with Crippen LogP contribution in [0.3, 0.4) is 0 Å². The van der Waals surface area contributed by atoms with E-state index in [9.17, 15) is 14.0 Å². The number of hydrogen-bond donors (Lipinski definition) is 0. The van der Waals surface area contributed by atoms with Gasteiger partial charge in [0.1, 0.15) is 11.6 Å². The number of amides is 3. The van der Waals surface area contributed by atoms with Crippen LogP contribution in [0.2, 0.25) is 5.02 Å². The summed E-state index contributed by atoms with van der Waals surface area (Å²) in [7, 11) is 0. The van der Waals surface area contributed by atoms with E-state index >= 15 is 0 Å². The summed E-state index contributed by atoms with van der Waals surface area (Å²) in [4.78, 5) is 27.8. The van der Waals surface area contributed by atoms with Gasteiger partial charge in [-0.25, -0.2) is 14.1 Å². The third kappa shape index (κ3) is 3.07. The molecule has 3 amide bonds. The minimum absolute atomic E-state index is 0.0725. The zero-order valence-electron chi connectivity index (χ0n) is 13.7. The SMILES string of the molecule is CC(C)Oc1cc(N2C(=O)CC3CCCCN3C2=O)c(F)cc1Cl. The van der Waals surface area contributed by atoms with Crippen LogP contribution in [0.5, 0.6) is 5.75 Å². The summed E-state index contributed by atoms with van der Waals surface area (Å²) < 4.78 is 20.0. The van der Waals surface area contributed by atoms with Crippen LogP contribution >= 0.6 is 11.6 Å². The molecule has 130 valence electrons. The Morgan fingerprint density at radius 2 is 2.04 bits per heavy atom. The average molecular weight is 355 g/mol. The summed E-state index contributed by atoms with van der Waals surface area (Å²) in [6.45, 7) is 4.22. The molecule has 0 N–H and O–H groups in total. The van der Waals surface area contributed by atoms with E-state index in [1.54, 1.807) is 4.90 Å². The maximum absolute atomic E-state index is 14.4. The van der Waals surface area contributed by atoms with Gasteiger partial charge in [-0.05, 0) is 39.2 Å². The van der Waals surface area contributed by atoms with E-state index in [4.69, 9.17) is 16.3 Å². The fourth-order valence-corrected chi connectivity index (χ4v) is 3.46. The van der Waals surface area contributed by atoms with Crippen LogP contribution in [0.1, 0.15) is 39.5 Å². The molecule has 1 aromatic carbocycles. The minimum atomic E-state index is -0.715. The Morgan fingerprint density at radius 1 is 1.29 bits per heavy atom. The predicted molar refractivity (Wildman–Crippen MR) is 89.0 cm³/mol. The van der Waals surface area contributed by atoms with Gasteiger partial charge in [0.2, 0.25) is 5.91 Å². The maximum Gasteiger partial charge on any atom is 0.331 e. The van der Waals surface area contributed by atoms with Gasteiger partial charge >= 0.3 is 6.03 Å². The zero-order valence-corrected chi connectivity index (χ0v) is 14.5. The number of nitrogens with zero attached hydrogens (tertiary/aromatic N) is 2. The Bertz CT molecular complexity index is 680. The summed E-state index contributed by atoms with van der Waals surface area (Å²) >= 11 is 6.00. The van der Waals surface area contributed by atoms with Crippen LogP contribution in [0, 0.1) is 5.82 Å². The van der Waals surface area contributed by atoms with E-state index in [0.717, 1.165) is 30.2 Å². The van der Waals surface area contributed by atoms with E-state index in [1.165, 1.54) is 6.07 Å². The molecular formula is C17H20ClFN2O3. The van der Waals surface area contributed by atoms with Crippen molar-refractivity contribution >= 4 is 29.2 Å². The second-order valence-electron chi connectivity index (χ2n) is 6.46. The van der Waals surface area contributed by atoms with Crippen molar-refractivity contribution < 1.29 is 18.7 Å². The topological polar surface area (TPSA) is 49.9 Å². The zero-order chi connectivity index (χ0) is 17.4. The molecule has 2 aliphatic heterocycles. The highest BCUT2D eigenvalue weighted by Crippen LogP contribution is 2.36. The van der Waals surface area contributed by atoms with Crippen LogP contribution in [0.4, 0.5) is 14.9 Å². The van der Waals surface area contributed by atoms with Crippen LogP contribution in [-0.4, -0.2) is 35.5 Å². The predicted octanol–water partition coefficient (Wildman–Crippen LogP) is 3.98. The normalized spacial score (nSPS) is 21.3. The Morgan fingerprint density at radius 3 is 2.75 bits per heavy atom. The van der Waals surface area contributed by atoms with Crippen LogP contribution < -0.4 is 9.64 Å². The molecule has 5 nitrogen and oxygen atoms in total. The third-order valence-corrected chi connectivity index (χ3v) is 4.62. The Hall–Kier alpha value is -1.82. The fraction of sp³-hybridized carbons (Fsp3) is 0.529. The summed E-state index contributed by atoms with van der Waals surface area (Å²) in [6.07, 6.45) is 2.77. The Kier molecular flexibility index (Phi) is 4.67. The number of urea groups is 1.